The van der Waals surface area contributed by atoms with Crippen molar-refractivity contribution in [1.29, 1.82) is 0 Å². The maximum absolute atomic E-state index is 5.71. The lowest BCUT2D eigenvalue weighted by Crippen LogP contribution is -2.19. The predicted octanol–water partition coefficient (Wildman–Crippen LogP) is 2.40. The molecular weight excluding hydrogens is 252 g/mol. The standard InChI is InChI=1S/C15H12N4O/c16-11-5-10(7-17-8-11)15-18-14(19-20-15)13-6-9-3-1-2-4-12(9)13/h1-5,7-8,13H,6,16H2. The Morgan fingerprint density at radius 3 is 2.95 bits per heavy atom. The third kappa shape index (κ3) is 1.67. The first-order valence-electron chi connectivity index (χ1n) is 6.43. The highest BCUT2D eigenvalue weighted by Crippen LogP contribution is 2.39. The number of rotatable bonds is 2. The lowest BCUT2D eigenvalue weighted by Gasteiger charge is -2.27. The minimum atomic E-state index is 0.234. The van der Waals surface area contributed by atoms with Crippen molar-refractivity contribution >= 4 is 5.69 Å². The molecule has 0 radical (unpaired) electrons. The van der Waals surface area contributed by atoms with Gasteiger partial charge in [0.1, 0.15) is 0 Å². The third-order valence-electron chi connectivity index (χ3n) is 3.61. The first kappa shape index (κ1) is 11.2. The molecule has 3 aromatic rings. The van der Waals surface area contributed by atoms with E-state index in [-0.39, 0.29) is 5.92 Å². The Labute approximate surface area is 115 Å². The van der Waals surface area contributed by atoms with E-state index < -0.39 is 0 Å². The number of anilines is 1. The van der Waals surface area contributed by atoms with Crippen molar-refractivity contribution in [2.45, 2.75) is 12.3 Å². The SMILES string of the molecule is Nc1cncc(-c2nc(C3Cc4ccccc43)no2)c1. The van der Waals surface area contributed by atoms with Gasteiger partial charge in [0.25, 0.3) is 5.89 Å². The molecule has 0 bridgehead atoms. The zero-order valence-electron chi connectivity index (χ0n) is 10.7. The van der Waals surface area contributed by atoms with Crippen molar-refractivity contribution < 1.29 is 4.52 Å². The fraction of sp³-hybridized carbons (Fsp3) is 0.133. The first-order valence-corrected chi connectivity index (χ1v) is 6.43. The number of fused-ring (bicyclic) bond motifs is 1. The van der Waals surface area contributed by atoms with E-state index in [2.05, 4.69) is 33.3 Å². The molecule has 0 fully saturated rings. The fourth-order valence-electron chi connectivity index (χ4n) is 2.56. The number of aromatic nitrogens is 3. The smallest absolute Gasteiger partial charge is 0.259 e. The van der Waals surface area contributed by atoms with Crippen molar-refractivity contribution in [3.05, 3.63) is 59.7 Å². The molecule has 5 heteroatoms. The summed E-state index contributed by atoms with van der Waals surface area (Å²) in [4.78, 5) is 8.50. The van der Waals surface area contributed by atoms with Gasteiger partial charge in [-0.2, -0.15) is 4.98 Å². The van der Waals surface area contributed by atoms with Crippen molar-refractivity contribution in [1.82, 2.24) is 15.1 Å². The van der Waals surface area contributed by atoms with Crippen LogP contribution in [0.5, 0.6) is 0 Å². The summed E-state index contributed by atoms with van der Waals surface area (Å²) in [6.45, 7) is 0. The second-order valence-electron chi connectivity index (χ2n) is 4.92. The quantitative estimate of drug-likeness (QED) is 0.769. The second kappa shape index (κ2) is 4.16. The highest BCUT2D eigenvalue weighted by atomic mass is 16.5. The maximum atomic E-state index is 5.71. The summed E-state index contributed by atoms with van der Waals surface area (Å²) in [7, 11) is 0. The number of nitrogens with two attached hydrogens (primary N) is 1. The summed E-state index contributed by atoms with van der Waals surface area (Å²) < 4.78 is 5.32. The molecule has 0 amide bonds. The Kier molecular flexibility index (Phi) is 2.32. The number of nitrogens with zero attached hydrogens (tertiary/aromatic N) is 3. The number of nitrogen functional groups attached to an aromatic ring is 1. The van der Waals surface area contributed by atoms with Crippen LogP contribution in [0.25, 0.3) is 11.5 Å². The van der Waals surface area contributed by atoms with Gasteiger partial charge < -0.3 is 10.3 Å². The Morgan fingerprint density at radius 2 is 2.10 bits per heavy atom. The number of pyridine rings is 1. The highest BCUT2D eigenvalue weighted by Gasteiger charge is 2.31. The van der Waals surface area contributed by atoms with Gasteiger partial charge in [-0.05, 0) is 23.6 Å². The van der Waals surface area contributed by atoms with Crippen molar-refractivity contribution in [2.75, 3.05) is 5.73 Å². The zero-order valence-corrected chi connectivity index (χ0v) is 10.7. The first-order chi connectivity index (χ1) is 9.81. The molecule has 0 saturated heterocycles. The van der Waals surface area contributed by atoms with E-state index in [1.165, 1.54) is 11.1 Å². The summed E-state index contributed by atoms with van der Waals surface area (Å²) in [5, 5.41) is 4.09. The van der Waals surface area contributed by atoms with Crippen LogP contribution in [-0.4, -0.2) is 15.1 Å². The molecule has 1 aliphatic rings. The molecule has 5 nitrogen and oxygen atoms in total. The Morgan fingerprint density at radius 1 is 1.20 bits per heavy atom. The molecule has 1 aliphatic carbocycles. The van der Waals surface area contributed by atoms with Gasteiger partial charge in [-0.25, -0.2) is 0 Å². The molecule has 1 atom stereocenters. The molecule has 2 aromatic heterocycles. The van der Waals surface area contributed by atoms with Crippen molar-refractivity contribution in [3.8, 4) is 11.5 Å². The maximum Gasteiger partial charge on any atom is 0.259 e. The zero-order chi connectivity index (χ0) is 13.5. The van der Waals surface area contributed by atoms with Gasteiger partial charge in [0.15, 0.2) is 5.82 Å². The lowest BCUT2D eigenvalue weighted by atomic mass is 9.77. The van der Waals surface area contributed by atoms with Gasteiger partial charge in [-0.15, -0.1) is 0 Å². The molecule has 20 heavy (non-hydrogen) atoms. The molecule has 4 rings (SSSR count). The minimum absolute atomic E-state index is 0.234. The predicted molar refractivity (Wildman–Crippen MR) is 73.9 cm³/mol. The van der Waals surface area contributed by atoms with Gasteiger partial charge >= 0.3 is 0 Å². The van der Waals surface area contributed by atoms with Crippen LogP contribution in [0.4, 0.5) is 5.69 Å². The monoisotopic (exact) mass is 264 g/mol. The van der Waals surface area contributed by atoms with Gasteiger partial charge in [0, 0.05) is 12.4 Å². The van der Waals surface area contributed by atoms with Crippen molar-refractivity contribution in [2.24, 2.45) is 0 Å². The van der Waals surface area contributed by atoms with E-state index in [1.807, 2.05) is 6.07 Å². The Hall–Kier alpha value is -2.69. The second-order valence-corrected chi connectivity index (χ2v) is 4.92. The summed E-state index contributed by atoms with van der Waals surface area (Å²) in [6.07, 6.45) is 4.22. The van der Waals surface area contributed by atoms with Gasteiger partial charge in [0.2, 0.25) is 0 Å². The van der Waals surface area contributed by atoms with Crippen LogP contribution in [0.2, 0.25) is 0 Å². The molecule has 98 valence electrons. The van der Waals surface area contributed by atoms with Crippen LogP contribution in [0.15, 0.2) is 47.2 Å². The van der Waals surface area contributed by atoms with Crippen LogP contribution in [0.3, 0.4) is 0 Å². The lowest BCUT2D eigenvalue weighted by molar-refractivity contribution is 0.416. The number of hydrogen-bond acceptors (Lipinski definition) is 5. The summed E-state index contributed by atoms with van der Waals surface area (Å²) in [6, 6.07) is 10.1. The van der Waals surface area contributed by atoms with E-state index in [1.54, 1.807) is 18.5 Å². The molecule has 2 heterocycles. The Bertz CT molecular complexity index is 781. The van der Waals surface area contributed by atoms with E-state index >= 15 is 0 Å². The highest BCUT2D eigenvalue weighted by molar-refractivity contribution is 5.57. The Balaban J connectivity index is 1.67. The van der Waals surface area contributed by atoms with Crippen molar-refractivity contribution in [3.63, 3.8) is 0 Å². The summed E-state index contributed by atoms with van der Waals surface area (Å²) in [5.74, 6) is 1.42. The number of hydrogen-bond donors (Lipinski definition) is 1. The van der Waals surface area contributed by atoms with E-state index in [0.29, 0.717) is 11.6 Å². The molecule has 0 saturated carbocycles. The van der Waals surface area contributed by atoms with E-state index in [4.69, 9.17) is 10.3 Å². The molecule has 0 spiro atoms. The fourth-order valence-corrected chi connectivity index (χ4v) is 2.56. The van der Waals surface area contributed by atoms with Crippen LogP contribution >= 0.6 is 0 Å². The van der Waals surface area contributed by atoms with Crippen LogP contribution in [0, 0.1) is 0 Å². The minimum Gasteiger partial charge on any atom is -0.397 e. The normalized spacial score (nSPS) is 16.5. The van der Waals surface area contributed by atoms with Gasteiger partial charge in [-0.1, -0.05) is 29.4 Å². The van der Waals surface area contributed by atoms with Gasteiger partial charge in [0.05, 0.1) is 17.2 Å². The molecule has 0 aliphatic heterocycles. The summed E-state index contributed by atoms with van der Waals surface area (Å²) in [5.41, 5.74) is 9.68. The van der Waals surface area contributed by atoms with E-state index in [9.17, 15) is 0 Å². The molecule has 2 N–H and O–H groups in total. The van der Waals surface area contributed by atoms with E-state index in [0.717, 1.165) is 17.8 Å². The largest absolute Gasteiger partial charge is 0.397 e. The van der Waals surface area contributed by atoms with Crippen LogP contribution < -0.4 is 5.73 Å². The van der Waals surface area contributed by atoms with Gasteiger partial charge in [-0.3, -0.25) is 4.98 Å². The van der Waals surface area contributed by atoms with Crippen LogP contribution in [-0.2, 0) is 6.42 Å². The molecular formula is C15H12N4O. The molecule has 1 aromatic carbocycles. The third-order valence-corrected chi connectivity index (χ3v) is 3.61. The molecule has 1 unspecified atom stereocenters. The number of benzene rings is 1. The topological polar surface area (TPSA) is 77.8 Å². The average Bonchev–Trinajstić information content (AvgIpc) is 2.90. The summed E-state index contributed by atoms with van der Waals surface area (Å²) >= 11 is 0. The van der Waals surface area contributed by atoms with Crippen LogP contribution in [0.1, 0.15) is 22.9 Å². The average molecular weight is 264 g/mol.